The van der Waals surface area contributed by atoms with Crippen molar-refractivity contribution in [3.05, 3.63) is 59.7 Å². The number of halogens is 2. The van der Waals surface area contributed by atoms with Crippen molar-refractivity contribution in [3.63, 3.8) is 0 Å². The number of fused-ring (bicyclic) bond motifs is 3. The molecule has 1 aliphatic rings. The SMILES string of the molecule is O=C(O)CN(CCCOC(F)F)C(=O)OCC1c2ccccc2-c2ccccc21. The summed E-state index contributed by atoms with van der Waals surface area (Å²) in [6.07, 6.45) is -0.728. The molecule has 1 aliphatic carbocycles. The summed E-state index contributed by atoms with van der Waals surface area (Å²) < 4.78 is 33.6. The van der Waals surface area contributed by atoms with Gasteiger partial charge in [0, 0.05) is 12.5 Å². The minimum Gasteiger partial charge on any atom is -0.480 e. The predicted molar refractivity (Wildman–Crippen MR) is 101 cm³/mol. The Morgan fingerprint density at radius 2 is 1.62 bits per heavy atom. The van der Waals surface area contributed by atoms with E-state index in [2.05, 4.69) is 4.74 Å². The largest absolute Gasteiger partial charge is 0.480 e. The number of carbonyl (C=O) groups excluding carboxylic acids is 1. The molecule has 0 aliphatic heterocycles. The maximum Gasteiger partial charge on any atom is 0.410 e. The van der Waals surface area contributed by atoms with E-state index in [1.165, 1.54) is 0 Å². The molecule has 0 spiro atoms. The van der Waals surface area contributed by atoms with Gasteiger partial charge in [-0.3, -0.25) is 9.69 Å². The van der Waals surface area contributed by atoms with Gasteiger partial charge in [-0.15, -0.1) is 0 Å². The van der Waals surface area contributed by atoms with Crippen molar-refractivity contribution in [2.24, 2.45) is 0 Å². The number of carbonyl (C=O) groups is 2. The quantitative estimate of drug-likeness (QED) is 0.640. The van der Waals surface area contributed by atoms with Crippen molar-refractivity contribution < 1.29 is 33.0 Å². The number of carboxylic acid groups (broad SMARTS) is 1. The molecule has 29 heavy (non-hydrogen) atoms. The first-order valence-electron chi connectivity index (χ1n) is 9.19. The summed E-state index contributed by atoms with van der Waals surface area (Å²) in [4.78, 5) is 24.5. The topological polar surface area (TPSA) is 76.1 Å². The zero-order valence-corrected chi connectivity index (χ0v) is 15.6. The summed E-state index contributed by atoms with van der Waals surface area (Å²) in [7, 11) is 0. The zero-order valence-electron chi connectivity index (χ0n) is 15.6. The Morgan fingerprint density at radius 3 is 2.17 bits per heavy atom. The van der Waals surface area contributed by atoms with Crippen LogP contribution in [0.3, 0.4) is 0 Å². The number of amides is 1. The average Bonchev–Trinajstić information content (AvgIpc) is 3.02. The van der Waals surface area contributed by atoms with Crippen LogP contribution in [0.25, 0.3) is 11.1 Å². The molecule has 0 unspecified atom stereocenters. The first-order chi connectivity index (χ1) is 14.0. The van der Waals surface area contributed by atoms with Crippen LogP contribution in [0.5, 0.6) is 0 Å². The van der Waals surface area contributed by atoms with E-state index >= 15 is 0 Å². The maximum atomic E-state index is 12.4. The summed E-state index contributed by atoms with van der Waals surface area (Å²) in [5.41, 5.74) is 4.24. The molecule has 0 atom stereocenters. The van der Waals surface area contributed by atoms with E-state index in [1.807, 2.05) is 48.5 Å². The minimum absolute atomic E-state index is 0.0521. The molecular weight excluding hydrogens is 384 g/mol. The molecule has 0 aromatic heterocycles. The highest BCUT2D eigenvalue weighted by molar-refractivity contribution is 5.79. The van der Waals surface area contributed by atoms with E-state index in [1.54, 1.807) is 0 Å². The lowest BCUT2D eigenvalue weighted by Crippen LogP contribution is -2.37. The Bertz CT molecular complexity index is 828. The van der Waals surface area contributed by atoms with Crippen molar-refractivity contribution in [1.29, 1.82) is 0 Å². The van der Waals surface area contributed by atoms with Gasteiger partial charge < -0.3 is 14.6 Å². The fourth-order valence-corrected chi connectivity index (χ4v) is 3.51. The second-order valence-electron chi connectivity index (χ2n) is 6.60. The van der Waals surface area contributed by atoms with Crippen LogP contribution >= 0.6 is 0 Å². The van der Waals surface area contributed by atoms with Crippen LogP contribution in [0.1, 0.15) is 23.5 Å². The van der Waals surface area contributed by atoms with Gasteiger partial charge in [-0.25, -0.2) is 4.79 Å². The standard InChI is InChI=1S/C21H21F2NO5/c22-20(23)28-11-5-10-24(12-19(25)26)21(27)29-13-18-16-8-3-1-6-14(16)15-7-2-4-9-17(15)18/h1-4,6-9,18,20H,5,10-13H2,(H,25,26). The second kappa shape index (κ2) is 9.47. The zero-order chi connectivity index (χ0) is 20.8. The van der Waals surface area contributed by atoms with Gasteiger partial charge in [0.25, 0.3) is 0 Å². The van der Waals surface area contributed by atoms with E-state index in [9.17, 15) is 18.4 Å². The van der Waals surface area contributed by atoms with Crippen molar-refractivity contribution >= 4 is 12.1 Å². The Balaban J connectivity index is 1.65. The Kier molecular flexibility index (Phi) is 6.77. The van der Waals surface area contributed by atoms with Crippen LogP contribution < -0.4 is 0 Å². The molecule has 0 saturated carbocycles. The lowest BCUT2D eigenvalue weighted by molar-refractivity contribution is -0.139. The summed E-state index contributed by atoms with van der Waals surface area (Å²) in [5, 5.41) is 9.02. The number of benzene rings is 2. The van der Waals surface area contributed by atoms with Gasteiger partial charge in [-0.2, -0.15) is 8.78 Å². The van der Waals surface area contributed by atoms with E-state index < -0.39 is 25.2 Å². The second-order valence-corrected chi connectivity index (χ2v) is 6.60. The Hall–Kier alpha value is -3.00. The number of hydrogen-bond acceptors (Lipinski definition) is 4. The number of nitrogens with zero attached hydrogens (tertiary/aromatic N) is 1. The van der Waals surface area contributed by atoms with Crippen LogP contribution in [0.15, 0.2) is 48.5 Å². The first kappa shape index (κ1) is 20.7. The smallest absolute Gasteiger partial charge is 0.410 e. The van der Waals surface area contributed by atoms with Gasteiger partial charge in [0.1, 0.15) is 13.2 Å². The van der Waals surface area contributed by atoms with Crippen LogP contribution in [0.2, 0.25) is 0 Å². The molecule has 3 rings (SSSR count). The fourth-order valence-electron chi connectivity index (χ4n) is 3.51. The Morgan fingerprint density at radius 1 is 1.03 bits per heavy atom. The highest BCUT2D eigenvalue weighted by atomic mass is 19.3. The maximum absolute atomic E-state index is 12.4. The molecular formula is C21H21F2NO5. The lowest BCUT2D eigenvalue weighted by atomic mass is 9.98. The molecule has 2 aromatic carbocycles. The number of rotatable bonds is 9. The van der Waals surface area contributed by atoms with E-state index in [-0.39, 0.29) is 32.1 Å². The third-order valence-corrected chi connectivity index (χ3v) is 4.74. The normalized spacial score (nSPS) is 12.5. The van der Waals surface area contributed by atoms with Crippen LogP contribution in [-0.2, 0) is 14.3 Å². The van der Waals surface area contributed by atoms with E-state index in [0.29, 0.717) is 0 Å². The van der Waals surface area contributed by atoms with Crippen molar-refractivity contribution in [2.45, 2.75) is 19.0 Å². The van der Waals surface area contributed by atoms with Gasteiger partial charge in [0.2, 0.25) is 0 Å². The summed E-state index contributed by atoms with van der Waals surface area (Å²) in [6.45, 7) is -3.78. The predicted octanol–water partition coefficient (Wildman–Crippen LogP) is 3.95. The highest BCUT2D eigenvalue weighted by Gasteiger charge is 2.30. The van der Waals surface area contributed by atoms with Crippen molar-refractivity contribution in [2.75, 3.05) is 26.3 Å². The number of hydrogen-bond donors (Lipinski definition) is 1. The van der Waals surface area contributed by atoms with Crippen molar-refractivity contribution in [3.8, 4) is 11.1 Å². The summed E-state index contributed by atoms with van der Waals surface area (Å²) in [5.74, 6) is -1.37. The third-order valence-electron chi connectivity index (χ3n) is 4.74. The molecule has 0 heterocycles. The number of ether oxygens (including phenoxy) is 2. The van der Waals surface area contributed by atoms with Crippen LogP contribution in [0.4, 0.5) is 13.6 Å². The van der Waals surface area contributed by atoms with Crippen LogP contribution in [-0.4, -0.2) is 55.0 Å². The molecule has 0 fully saturated rings. The molecule has 0 radical (unpaired) electrons. The first-order valence-corrected chi connectivity index (χ1v) is 9.19. The highest BCUT2D eigenvalue weighted by Crippen LogP contribution is 2.44. The molecule has 2 aromatic rings. The van der Waals surface area contributed by atoms with Gasteiger partial charge in [0.15, 0.2) is 0 Å². The lowest BCUT2D eigenvalue weighted by Gasteiger charge is -2.22. The fraction of sp³-hybridized carbons (Fsp3) is 0.333. The minimum atomic E-state index is -2.91. The number of aliphatic carboxylic acids is 1. The van der Waals surface area contributed by atoms with E-state index in [0.717, 1.165) is 27.2 Å². The van der Waals surface area contributed by atoms with E-state index in [4.69, 9.17) is 9.84 Å². The van der Waals surface area contributed by atoms with Crippen molar-refractivity contribution in [1.82, 2.24) is 4.90 Å². The number of carboxylic acids is 1. The summed E-state index contributed by atoms with van der Waals surface area (Å²) in [6, 6.07) is 15.7. The number of alkyl halides is 2. The van der Waals surface area contributed by atoms with Crippen LogP contribution in [0, 0.1) is 0 Å². The molecule has 1 N–H and O–H groups in total. The molecule has 0 bridgehead atoms. The monoisotopic (exact) mass is 405 g/mol. The molecule has 1 amide bonds. The van der Waals surface area contributed by atoms with Gasteiger partial charge in [-0.1, -0.05) is 48.5 Å². The molecule has 154 valence electrons. The molecule has 0 saturated heterocycles. The van der Waals surface area contributed by atoms with Gasteiger partial charge in [-0.05, 0) is 28.7 Å². The molecule has 8 heteroatoms. The third kappa shape index (κ3) is 5.08. The molecule has 6 nitrogen and oxygen atoms in total. The Labute approximate surface area is 166 Å². The summed E-state index contributed by atoms with van der Waals surface area (Å²) >= 11 is 0. The van der Waals surface area contributed by atoms with Gasteiger partial charge in [0.05, 0.1) is 6.61 Å². The average molecular weight is 405 g/mol. The van der Waals surface area contributed by atoms with Gasteiger partial charge >= 0.3 is 18.7 Å².